The summed E-state index contributed by atoms with van der Waals surface area (Å²) in [6.45, 7) is 1.84. The molecule has 0 fully saturated rings. The van der Waals surface area contributed by atoms with Crippen LogP contribution < -0.4 is 0 Å². The van der Waals surface area contributed by atoms with Crippen LogP contribution in [0.1, 0.15) is 6.92 Å². The number of methoxy groups -OCH3 is 3. The minimum absolute atomic E-state index is 0.0429. The van der Waals surface area contributed by atoms with Gasteiger partial charge in [-0.3, -0.25) is 4.79 Å². The van der Waals surface area contributed by atoms with Gasteiger partial charge in [-0.05, 0) is 13.0 Å². The predicted octanol–water partition coefficient (Wildman–Crippen LogP) is 0.578. The molecular weight excluding hydrogens is 240 g/mol. The third kappa shape index (κ3) is 2.30. The van der Waals surface area contributed by atoms with Gasteiger partial charge in [0, 0.05) is 20.3 Å². The quantitative estimate of drug-likeness (QED) is 0.529. The lowest BCUT2D eigenvalue weighted by atomic mass is 9.95. The molecule has 100 valence electrons. The fourth-order valence-corrected chi connectivity index (χ4v) is 1.66. The average molecular weight is 256 g/mol. The summed E-state index contributed by atoms with van der Waals surface area (Å²) in [7, 11) is 3.95. The molecule has 0 unspecified atom stereocenters. The second-order valence-corrected chi connectivity index (χ2v) is 3.42. The van der Waals surface area contributed by atoms with Crippen molar-refractivity contribution in [1.29, 1.82) is 0 Å². The van der Waals surface area contributed by atoms with E-state index in [9.17, 15) is 9.59 Å². The van der Waals surface area contributed by atoms with Crippen LogP contribution in [0.4, 0.5) is 0 Å². The average Bonchev–Trinajstić information content (AvgIpc) is 2.38. The van der Waals surface area contributed by atoms with E-state index >= 15 is 0 Å². The Morgan fingerprint density at radius 1 is 1.22 bits per heavy atom. The first kappa shape index (κ1) is 14.4. The van der Waals surface area contributed by atoms with Crippen LogP contribution in [0, 0.1) is 0 Å². The Balaban J connectivity index is 3.26. The molecule has 0 amide bonds. The number of rotatable bonds is 5. The molecule has 0 spiro atoms. The van der Waals surface area contributed by atoms with Gasteiger partial charge in [-0.1, -0.05) is 0 Å². The normalized spacial score (nSPS) is 17.9. The lowest BCUT2D eigenvalue weighted by molar-refractivity contribution is -0.191. The van der Waals surface area contributed by atoms with Gasteiger partial charge >= 0.3 is 5.97 Å². The molecule has 6 nitrogen and oxygen atoms in total. The molecule has 1 rings (SSSR count). The van der Waals surface area contributed by atoms with Gasteiger partial charge in [0.15, 0.2) is 0 Å². The summed E-state index contributed by atoms with van der Waals surface area (Å²) >= 11 is 0. The van der Waals surface area contributed by atoms with Crippen LogP contribution in [-0.2, 0) is 28.5 Å². The standard InChI is InChI=1S/C12H16O6/c1-5-18-11(14)9-6-8(15-2)7-10(13)12(9,16-3)17-4/h6-7H,5H2,1-4H3. The number of carbonyl (C=O) groups is 2. The number of hydrogen-bond donors (Lipinski definition) is 0. The van der Waals surface area contributed by atoms with Crippen LogP contribution in [-0.4, -0.2) is 45.5 Å². The second kappa shape index (κ2) is 5.79. The molecule has 0 bridgehead atoms. The molecule has 0 heterocycles. The highest BCUT2D eigenvalue weighted by molar-refractivity contribution is 6.08. The molecule has 1 aliphatic rings. The SMILES string of the molecule is CCOC(=O)C1=CC(OC)=CC(=O)C1(OC)OC. The number of hydrogen-bond acceptors (Lipinski definition) is 6. The fraction of sp³-hybridized carbons (Fsp3) is 0.500. The summed E-state index contributed by atoms with van der Waals surface area (Å²) in [5.74, 6) is -2.74. The third-order valence-corrected chi connectivity index (χ3v) is 2.54. The first-order valence-corrected chi connectivity index (χ1v) is 5.35. The highest BCUT2D eigenvalue weighted by atomic mass is 16.7. The Hall–Kier alpha value is -1.66. The number of esters is 1. The maximum atomic E-state index is 12.0. The van der Waals surface area contributed by atoms with E-state index in [1.165, 1.54) is 33.5 Å². The van der Waals surface area contributed by atoms with E-state index in [1.54, 1.807) is 6.92 Å². The highest BCUT2D eigenvalue weighted by Gasteiger charge is 2.48. The van der Waals surface area contributed by atoms with Gasteiger partial charge in [0.2, 0.25) is 5.78 Å². The van der Waals surface area contributed by atoms with Crippen LogP contribution in [0.5, 0.6) is 0 Å². The Kier molecular flexibility index (Phi) is 4.63. The van der Waals surface area contributed by atoms with Crippen molar-refractivity contribution in [1.82, 2.24) is 0 Å². The minimum atomic E-state index is -1.77. The molecule has 0 aromatic carbocycles. The maximum Gasteiger partial charge on any atom is 0.340 e. The number of ether oxygens (including phenoxy) is 4. The van der Waals surface area contributed by atoms with E-state index in [0.29, 0.717) is 0 Å². The lowest BCUT2D eigenvalue weighted by Crippen LogP contribution is -2.48. The van der Waals surface area contributed by atoms with Crippen LogP contribution in [0.15, 0.2) is 23.5 Å². The van der Waals surface area contributed by atoms with Crippen molar-refractivity contribution in [3.8, 4) is 0 Å². The molecule has 0 aliphatic heterocycles. The largest absolute Gasteiger partial charge is 0.497 e. The summed E-state index contributed by atoms with van der Waals surface area (Å²) < 4.78 is 20.0. The van der Waals surface area contributed by atoms with E-state index < -0.39 is 17.5 Å². The van der Waals surface area contributed by atoms with E-state index in [1.807, 2.05) is 0 Å². The Bertz CT molecular complexity index is 403. The van der Waals surface area contributed by atoms with Gasteiger partial charge < -0.3 is 18.9 Å². The summed E-state index contributed by atoms with van der Waals surface area (Å²) in [4.78, 5) is 23.9. The van der Waals surface area contributed by atoms with E-state index in [-0.39, 0.29) is 17.9 Å². The molecule has 6 heteroatoms. The summed E-state index contributed by atoms with van der Waals surface area (Å²) in [6, 6.07) is 0. The van der Waals surface area contributed by atoms with Crippen LogP contribution in [0.2, 0.25) is 0 Å². The highest BCUT2D eigenvalue weighted by Crippen LogP contribution is 2.30. The number of ketones is 1. The Labute approximate surface area is 105 Å². The van der Waals surface area contributed by atoms with Gasteiger partial charge in [0.25, 0.3) is 5.79 Å². The van der Waals surface area contributed by atoms with Gasteiger partial charge in [0.05, 0.1) is 13.7 Å². The van der Waals surface area contributed by atoms with Crippen molar-refractivity contribution in [2.24, 2.45) is 0 Å². The van der Waals surface area contributed by atoms with Crippen molar-refractivity contribution >= 4 is 11.8 Å². The zero-order valence-electron chi connectivity index (χ0n) is 10.8. The van der Waals surface area contributed by atoms with E-state index in [2.05, 4.69) is 0 Å². The van der Waals surface area contributed by atoms with Crippen LogP contribution in [0.25, 0.3) is 0 Å². The van der Waals surface area contributed by atoms with Gasteiger partial charge in [-0.25, -0.2) is 4.79 Å². The Morgan fingerprint density at radius 2 is 1.83 bits per heavy atom. The zero-order chi connectivity index (χ0) is 13.8. The zero-order valence-corrected chi connectivity index (χ0v) is 10.8. The third-order valence-electron chi connectivity index (χ3n) is 2.54. The maximum absolute atomic E-state index is 12.0. The molecular formula is C12H16O6. The molecule has 0 aromatic rings. The van der Waals surface area contributed by atoms with Crippen molar-refractivity contribution in [2.45, 2.75) is 12.7 Å². The number of carbonyl (C=O) groups excluding carboxylic acids is 2. The van der Waals surface area contributed by atoms with E-state index in [0.717, 1.165) is 0 Å². The summed E-state index contributed by atoms with van der Waals surface area (Å²) in [5, 5.41) is 0. The molecule has 0 saturated carbocycles. The van der Waals surface area contributed by atoms with Crippen molar-refractivity contribution in [2.75, 3.05) is 27.9 Å². The fourth-order valence-electron chi connectivity index (χ4n) is 1.66. The van der Waals surface area contributed by atoms with Gasteiger partial charge in [0.1, 0.15) is 11.3 Å². The van der Waals surface area contributed by atoms with Gasteiger partial charge in [-0.15, -0.1) is 0 Å². The van der Waals surface area contributed by atoms with Crippen molar-refractivity contribution < 1.29 is 28.5 Å². The first-order chi connectivity index (χ1) is 8.55. The molecule has 18 heavy (non-hydrogen) atoms. The first-order valence-electron chi connectivity index (χ1n) is 5.35. The topological polar surface area (TPSA) is 71.1 Å². The molecule has 1 aliphatic carbocycles. The second-order valence-electron chi connectivity index (χ2n) is 3.42. The smallest absolute Gasteiger partial charge is 0.340 e. The van der Waals surface area contributed by atoms with Crippen LogP contribution >= 0.6 is 0 Å². The summed E-state index contributed by atoms with van der Waals surface area (Å²) in [5.41, 5.74) is -0.0429. The van der Waals surface area contributed by atoms with E-state index in [4.69, 9.17) is 18.9 Å². The molecule has 0 atom stereocenters. The van der Waals surface area contributed by atoms with Gasteiger partial charge in [-0.2, -0.15) is 0 Å². The lowest BCUT2D eigenvalue weighted by Gasteiger charge is -2.31. The monoisotopic (exact) mass is 256 g/mol. The molecule has 0 aromatic heterocycles. The van der Waals surface area contributed by atoms with Crippen molar-refractivity contribution in [3.05, 3.63) is 23.5 Å². The number of allylic oxidation sites excluding steroid dienone is 1. The molecule has 0 N–H and O–H groups in total. The summed E-state index contributed by atoms with van der Waals surface area (Å²) in [6.07, 6.45) is 2.57. The molecule has 0 radical (unpaired) electrons. The predicted molar refractivity (Wildman–Crippen MR) is 61.6 cm³/mol. The van der Waals surface area contributed by atoms with Crippen molar-refractivity contribution in [3.63, 3.8) is 0 Å². The minimum Gasteiger partial charge on any atom is -0.497 e. The Morgan fingerprint density at radius 3 is 2.28 bits per heavy atom. The van der Waals surface area contributed by atoms with Crippen LogP contribution in [0.3, 0.4) is 0 Å². The molecule has 0 saturated heterocycles.